The number of anilines is 1. The number of ether oxygens (including phenoxy) is 1. The number of nitrogens with one attached hydrogen (secondary N) is 1. The number of benzene rings is 2. The van der Waals surface area contributed by atoms with E-state index in [4.69, 9.17) is 9.72 Å². The molecule has 0 radical (unpaired) electrons. The van der Waals surface area contributed by atoms with Gasteiger partial charge < -0.3 is 20.1 Å². The average Bonchev–Trinajstić information content (AvgIpc) is 3.26. The smallest absolute Gasteiger partial charge is 0.319 e. The van der Waals surface area contributed by atoms with E-state index in [0.29, 0.717) is 41.7 Å². The molecule has 0 amide bonds. The summed E-state index contributed by atoms with van der Waals surface area (Å²) in [6.07, 6.45) is 4.07. The van der Waals surface area contributed by atoms with Crippen molar-refractivity contribution in [3.05, 3.63) is 48.4 Å². The van der Waals surface area contributed by atoms with Gasteiger partial charge in [-0.3, -0.25) is 4.98 Å². The van der Waals surface area contributed by atoms with Gasteiger partial charge in [0.15, 0.2) is 15.7 Å². The molecule has 202 valence electrons. The fourth-order valence-electron chi connectivity index (χ4n) is 6.10. The highest BCUT2D eigenvalue weighted by Crippen LogP contribution is 2.37. The highest BCUT2D eigenvalue weighted by atomic mass is 32.2. The van der Waals surface area contributed by atoms with Crippen molar-refractivity contribution in [1.82, 2.24) is 20.3 Å². The van der Waals surface area contributed by atoms with Gasteiger partial charge in [0, 0.05) is 36.9 Å². The van der Waals surface area contributed by atoms with Gasteiger partial charge in [-0.25, -0.2) is 12.8 Å². The predicted molar refractivity (Wildman–Crippen MR) is 146 cm³/mol. The Morgan fingerprint density at radius 1 is 1.00 bits per heavy atom. The lowest BCUT2D eigenvalue weighted by Crippen LogP contribution is -2.51. The van der Waals surface area contributed by atoms with Gasteiger partial charge in [0.1, 0.15) is 28.9 Å². The molecule has 3 saturated heterocycles. The molecule has 0 unspecified atom stereocenters. The molecule has 39 heavy (non-hydrogen) atoms. The van der Waals surface area contributed by atoms with E-state index in [1.807, 2.05) is 24.3 Å². The Hall–Kier alpha value is -3.57. The van der Waals surface area contributed by atoms with E-state index in [1.54, 1.807) is 12.3 Å². The Bertz CT molecular complexity index is 1690. The number of phenols is 1. The highest BCUT2D eigenvalue weighted by molar-refractivity contribution is 7.91. The molecule has 2 aromatic heterocycles. The van der Waals surface area contributed by atoms with Crippen molar-refractivity contribution in [1.29, 1.82) is 0 Å². The summed E-state index contributed by atoms with van der Waals surface area (Å²) in [5, 5.41) is 16.0. The number of phenolic OH excluding ortho intramolecular Hbond substituents is 1. The highest BCUT2D eigenvalue weighted by Gasteiger charge is 2.34. The Morgan fingerprint density at radius 2 is 1.74 bits per heavy atom. The van der Waals surface area contributed by atoms with Crippen molar-refractivity contribution >= 4 is 37.3 Å². The SMILES string of the molecule is O=S1(=O)CCC(Oc2nc(N3C[C@H]4CC[C@@H](C3)N4)c3cnc(-c4cc(O)cc5ccccc45)c(F)c3n2)CC1. The second kappa shape index (κ2) is 9.27. The third-order valence-electron chi connectivity index (χ3n) is 8.04. The zero-order valence-electron chi connectivity index (χ0n) is 21.2. The predicted octanol–water partition coefficient (Wildman–Crippen LogP) is 3.59. The third-order valence-corrected chi connectivity index (χ3v) is 9.75. The number of nitrogens with zero attached hydrogens (tertiary/aromatic N) is 4. The molecule has 0 aliphatic carbocycles. The minimum atomic E-state index is -3.06. The molecule has 9 nitrogen and oxygen atoms in total. The number of hydrogen-bond acceptors (Lipinski definition) is 9. The fraction of sp³-hybridized carbons (Fsp3) is 0.393. The maximum atomic E-state index is 16.4. The van der Waals surface area contributed by atoms with Crippen LogP contribution in [0.5, 0.6) is 11.8 Å². The van der Waals surface area contributed by atoms with Crippen LogP contribution >= 0.6 is 0 Å². The topological polar surface area (TPSA) is 118 Å². The fourth-order valence-corrected chi connectivity index (χ4v) is 7.55. The third kappa shape index (κ3) is 4.53. The maximum Gasteiger partial charge on any atom is 0.319 e. The number of pyridine rings is 1. The van der Waals surface area contributed by atoms with Crippen LogP contribution in [0.1, 0.15) is 25.7 Å². The summed E-state index contributed by atoms with van der Waals surface area (Å²) in [5.74, 6) is 0.0518. The molecule has 0 saturated carbocycles. The van der Waals surface area contributed by atoms with E-state index < -0.39 is 15.7 Å². The Morgan fingerprint density at radius 3 is 2.51 bits per heavy atom. The summed E-state index contributed by atoms with van der Waals surface area (Å²) in [6.45, 7) is 1.45. The standard InChI is InChI=1S/C28H28FN5O4S/c29-24-25(22-12-19(35)11-16-3-1-2-4-21(16)22)30-13-23-26(24)32-28(38-20-7-9-39(36,37)10-8-20)33-27(23)34-14-17-5-6-18(15-34)31-17/h1-4,11-13,17-18,20,31,35H,5-10,14-15H2/t17-,18+. The number of aromatic hydroxyl groups is 1. The van der Waals surface area contributed by atoms with Crippen LogP contribution in [0.25, 0.3) is 32.9 Å². The molecule has 2 bridgehead atoms. The average molecular weight is 550 g/mol. The van der Waals surface area contributed by atoms with E-state index >= 15 is 4.39 Å². The van der Waals surface area contributed by atoms with Crippen LogP contribution in [0, 0.1) is 5.82 Å². The van der Waals surface area contributed by atoms with Crippen LogP contribution in [0.2, 0.25) is 0 Å². The van der Waals surface area contributed by atoms with Gasteiger partial charge in [0.05, 0.1) is 16.9 Å². The van der Waals surface area contributed by atoms with Gasteiger partial charge in [-0.15, -0.1) is 0 Å². The number of aromatic nitrogens is 3. The first-order chi connectivity index (χ1) is 18.8. The van der Waals surface area contributed by atoms with Gasteiger partial charge >= 0.3 is 6.01 Å². The van der Waals surface area contributed by atoms with Crippen molar-refractivity contribution in [2.75, 3.05) is 29.5 Å². The van der Waals surface area contributed by atoms with Crippen molar-refractivity contribution in [3.63, 3.8) is 0 Å². The molecule has 5 heterocycles. The van der Waals surface area contributed by atoms with Crippen LogP contribution in [0.3, 0.4) is 0 Å². The lowest BCUT2D eigenvalue weighted by Gasteiger charge is -2.34. The lowest BCUT2D eigenvalue weighted by molar-refractivity contribution is 0.174. The molecular formula is C28H28FN5O4S. The second-order valence-electron chi connectivity index (χ2n) is 10.7. The minimum Gasteiger partial charge on any atom is -0.508 e. The number of sulfone groups is 1. The normalized spacial score (nSPS) is 22.9. The van der Waals surface area contributed by atoms with E-state index in [2.05, 4.69) is 20.2 Å². The second-order valence-corrected chi connectivity index (χ2v) is 13.0. The van der Waals surface area contributed by atoms with E-state index in [0.717, 1.165) is 36.7 Å². The largest absolute Gasteiger partial charge is 0.508 e. The minimum absolute atomic E-state index is 0.0148. The molecule has 2 aromatic carbocycles. The molecule has 3 fully saturated rings. The van der Waals surface area contributed by atoms with Crippen molar-refractivity contribution in [3.8, 4) is 23.0 Å². The van der Waals surface area contributed by atoms with Gasteiger partial charge in [-0.05, 0) is 48.6 Å². The number of piperazine rings is 1. The monoisotopic (exact) mass is 549 g/mol. The zero-order chi connectivity index (χ0) is 26.7. The van der Waals surface area contributed by atoms with E-state index in [9.17, 15) is 13.5 Å². The molecular weight excluding hydrogens is 521 g/mol. The van der Waals surface area contributed by atoms with E-state index in [1.165, 1.54) is 6.07 Å². The first kappa shape index (κ1) is 24.5. The van der Waals surface area contributed by atoms with Gasteiger partial charge in [-0.2, -0.15) is 9.97 Å². The van der Waals surface area contributed by atoms with Gasteiger partial charge in [-0.1, -0.05) is 24.3 Å². The Balaban J connectivity index is 1.36. The van der Waals surface area contributed by atoms with Crippen LogP contribution < -0.4 is 15.0 Å². The van der Waals surface area contributed by atoms with Crippen molar-refractivity contribution in [2.45, 2.75) is 43.9 Å². The molecule has 2 atom stereocenters. The summed E-state index contributed by atoms with van der Waals surface area (Å²) >= 11 is 0. The van der Waals surface area contributed by atoms with E-state index in [-0.39, 0.29) is 40.6 Å². The van der Waals surface area contributed by atoms with Crippen LogP contribution in [-0.4, -0.2) is 71.3 Å². The van der Waals surface area contributed by atoms with Gasteiger partial charge in [0.25, 0.3) is 0 Å². The Labute approximate surface area is 225 Å². The summed E-state index contributed by atoms with van der Waals surface area (Å²) in [4.78, 5) is 15.9. The number of rotatable bonds is 4. The summed E-state index contributed by atoms with van der Waals surface area (Å²) < 4.78 is 46.3. The van der Waals surface area contributed by atoms with Crippen LogP contribution in [-0.2, 0) is 9.84 Å². The summed E-state index contributed by atoms with van der Waals surface area (Å²) in [7, 11) is -3.06. The number of hydrogen-bond donors (Lipinski definition) is 2. The zero-order valence-corrected chi connectivity index (χ0v) is 22.0. The lowest BCUT2D eigenvalue weighted by atomic mass is 10.00. The first-order valence-electron chi connectivity index (χ1n) is 13.3. The van der Waals surface area contributed by atoms with Gasteiger partial charge in [0.2, 0.25) is 0 Å². The quantitative estimate of drug-likeness (QED) is 0.394. The first-order valence-corrected chi connectivity index (χ1v) is 15.1. The van der Waals surface area contributed by atoms with Crippen LogP contribution in [0.4, 0.5) is 10.2 Å². The molecule has 0 spiro atoms. The summed E-state index contributed by atoms with van der Waals surface area (Å²) in [6, 6.07) is 11.3. The van der Waals surface area contributed by atoms with Crippen molar-refractivity contribution in [2.24, 2.45) is 0 Å². The Kier molecular flexibility index (Phi) is 5.82. The molecule has 3 aliphatic rings. The van der Waals surface area contributed by atoms with Crippen molar-refractivity contribution < 1.29 is 22.7 Å². The van der Waals surface area contributed by atoms with Crippen LogP contribution in [0.15, 0.2) is 42.6 Å². The number of halogens is 1. The molecule has 3 aliphatic heterocycles. The summed E-state index contributed by atoms with van der Waals surface area (Å²) in [5.41, 5.74) is 0.626. The maximum absolute atomic E-state index is 16.4. The molecule has 4 aromatic rings. The molecule has 7 rings (SSSR count). The molecule has 2 N–H and O–H groups in total. The molecule has 11 heteroatoms. The number of fused-ring (bicyclic) bond motifs is 4.